The molecule has 6 heteroatoms. The van der Waals surface area contributed by atoms with Crippen molar-refractivity contribution in [3.63, 3.8) is 0 Å². The predicted molar refractivity (Wildman–Crippen MR) is 92.9 cm³/mol. The minimum absolute atomic E-state index is 0.287. The molecule has 0 unspecified atom stereocenters. The average Bonchev–Trinajstić information content (AvgIpc) is 2.62. The zero-order chi connectivity index (χ0) is 17.9. The maximum Gasteiger partial charge on any atom is 0.330 e. The normalized spacial score (nSPS) is 9.92. The van der Waals surface area contributed by atoms with E-state index in [9.17, 15) is 14.4 Å². The maximum absolute atomic E-state index is 11.7. The molecule has 0 atom stereocenters. The molecule has 0 saturated carbocycles. The third-order valence-electron chi connectivity index (χ3n) is 3.30. The molecule has 2 aromatic rings. The molecule has 2 aromatic carbocycles. The quantitative estimate of drug-likeness (QED) is 0.433. The van der Waals surface area contributed by atoms with Crippen molar-refractivity contribution in [3.8, 4) is 5.75 Å². The van der Waals surface area contributed by atoms with Crippen molar-refractivity contribution in [2.75, 3.05) is 13.1 Å². The van der Waals surface area contributed by atoms with Crippen LogP contribution in [0.5, 0.6) is 5.75 Å². The van der Waals surface area contributed by atoms with Crippen molar-refractivity contribution >= 4 is 17.8 Å². The van der Waals surface area contributed by atoms with Crippen LogP contribution in [0.3, 0.4) is 0 Å². The van der Waals surface area contributed by atoms with Crippen LogP contribution in [0, 0.1) is 0 Å². The second kappa shape index (κ2) is 9.87. The topological polar surface area (TPSA) is 84.5 Å². The summed E-state index contributed by atoms with van der Waals surface area (Å²) in [5.74, 6) is -1.10. The number of nitrogens with one attached hydrogen (secondary N) is 2. The molecule has 0 aromatic heterocycles. The summed E-state index contributed by atoms with van der Waals surface area (Å²) < 4.78 is 5.03. The van der Waals surface area contributed by atoms with Crippen LogP contribution in [0.1, 0.15) is 12.0 Å². The van der Waals surface area contributed by atoms with Crippen molar-refractivity contribution < 1.29 is 19.1 Å². The molecule has 0 saturated heterocycles. The zero-order valence-corrected chi connectivity index (χ0v) is 13.7. The first kappa shape index (κ1) is 18.2. The lowest BCUT2D eigenvalue weighted by Gasteiger charge is -2.07. The minimum Gasteiger partial charge on any atom is -0.425 e. The summed E-state index contributed by atoms with van der Waals surface area (Å²) >= 11 is 0. The predicted octanol–water partition coefficient (Wildman–Crippen LogP) is 1.46. The second-order valence-corrected chi connectivity index (χ2v) is 5.33. The van der Waals surface area contributed by atoms with Gasteiger partial charge in [0.2, 0.25) is 11.8 Å². The molecule has 0 bridgehead atoms. The lowest BCUT2D eigenvalue weighted by atomic mass is 10.1. The number of amides is 2. The van der Waals surface area contributed by atoms with E-state index in [4.69, 9.17) is 4.74 Å². The number of carbonyl (C=O) groups excluding carboxylic acids is 3. The van der Waals surface area contributed by atoms with Crippen LogP contribution in [0.15, 0.2) is 60.7 Å². The van der Waals surface area contributed by atoms with Gasteiger partial charge in [0.1, 0.15) is 18.7 Å². The van der Waals surface area contributed by atoms with Crippen LogP contribution in [-0.4, -0.2) is 30.9 Å². The van der Waals surface area contributed by atoms with Gasteiger partial charge in [-0.05, 0) is 24.1 Å². The summed E-state index contributed by atoms with van der Waals surface area (Å²) in [5.41, 5.74) is 1.11. The first-order valence-electron chi connectivity index (χ1n) is 7.96. The summed E-state index contributed by atoms with van der Waals surface area (Å²) in [6.45, 7) is 0.164. The smallest absolute Gasteiger partial charge is 0.330 e. The van der Waals surface area contributed by atoms with Gasteiger partial charge in [0.05, 0.1) is 0 Å². The molecule has 0 aliphatic carbocycles. The Morgan fingerprint density at radius 3 is 2.08 bits per heavy atom. The fraction of sp³-hybridized carbons (Fsp3) is 0.211. The van der Waals surface area contributed by atoms with E-state index >= 15 is 0 Å². The van der Waals surface area contributed by atoms with Gasteiger partial charge in [-0.3, -0.25) is 9.59 Å². The molecular formula is C19H20N2O4. The molecule has 0 radical (unpaired) electrons. The summed E-state index contributed by atoms with van der Waals surface area (Å²) in [7, 11) is 0. The Hall–Kier alpha value is -3.15. The molecule has 0 heterocycles. The van der Waals surface area contributed by atoms with E-state index in [1.54, 1.807) is 30.3 Å². The van der Waals surface area contributed by atoms with E-state index in [-0.39, 0.29) is 18.9 Å². The van der Waals surface area contributed by atoms with Gasteiger partial charge in [-0.1, -0.05) is 48.5 Å². The van der Waals surface area contributed by atoms with Crippen molar-refractivity contribution in [2.45, 2.75) is 12.8 Å². The van der Waals surface area contributed by atoms with Crippen molar-refractivity contribution in [1.82, 2.24) is 10.6 Å². The van der Waals surface area contributed by atoms with Crippen LogP contribution >= 0.6 is 0 Å². The zero-order valence-electron chi connectivity index (χ0n) is 13.7. The Morgan fingerprint density at radius 1 is 0.800 bits per heavy atom. The minimum atomic E-state index is -0.593. The Labute approximate surface area is 146 Å². The number of esters is 1. The first-order valence-corrected chi connectivity index (χ1v) is 7.96. The number of rotatable bonds is 8. The fourth-order valence-electron chi connectivity index (χ4n) is 2.09. The standard InChI is InChI=1S/C19H20N2O4/c22-17(20-12-11-15-7-3-1-4-8-15)13-18(23)21-14-19(24)25-16-9-5-2-6-10-16/h1-10H,11-14H2,(H,20,22)(H,21,23). The van der Waals surface area contributed by atoms with Gasteiger partial charge in [-0.2, -0.15) is 0 Å². The SMILES string of the molecule is O=C(CC(=O)NCC(=O)Oc1ccccc1)NCCc1ccccc1. The van der Waals surface area contributed by atoms with E-state index in [1.807, 2.05) is 30.3 Å². The van der Waals surface area contributed by atoms with Crippen LogP contribution in [0.4, 0.5) is 0 Å². The van der Waals surface area contributed by atoms with Gasteiger partial charge in [0.25, 0.3) is 0 Å². The summed E-state index contributed by atoms with van der Waals surface area (Å²) in [5, 5.41) is 5.04. The Kier molecular flexibility index (Phi) is 7.18. The van der Waals surface area contributed by atoms with Gasteiger partial charge >= 0.3 is 5.97 Å². The van der Waals surface area contributed by atoms with E-state index in [0.29, 0.717) is 18.7 Å². The summed E-state index contributed by atoms with van der Waals surface area (Å²) in [6, 6.07) is 18.3. The highest BCUT2D eigenvalue weighted by atomic mass is 16.5. The van der Waals surface area contributed by atoms with Gasteiger partial charge < -0.3 is 15.4 Å². The monoisotopic (exact) mass is 340 g/mol. The van der Waals surface area contributed by atoms with Crippen molar-refractivity contribution in [3.05, 3.63) is 66.2 Å². The molecule has 130 valence electrons. The second-order valence-electron chi connectivity index (χ2n) is 5.33. The van der Waals surface area contributed by atoms with Crippen LogP contribution in [0.25, 0.3) is 0 Å². The Morgan fingerprint density at radius 2 is 1.40 bits per heavy atom. The maximum atomic E-state index is 11.7. The molecule has 0 spiro atoms. The Bertz CT molecular complexity index is 702. The van der Waals surface area contributed by atoms with Crippen molar-refractivity contribution in [2.24, 2.45) is 0 Å². The highest BCUT2D eigenvalue weighted by Crippen LogP contribution is 2.07. The number of hydrogen-bond donors (Lipinski definition) is 2. The highest BCUT2D eigenvalue weighted by molar-refractivity contribution is 5.97. The van der Waals surface area contributed by atoms with Crippen LogP contribution in [0.2, 0.25) is 0 Å². The first-order chi connectivity index (χ1) is 12.1. The third-order valence-corrected chi connectivity index (χ3v) is 3.30. The molecular weight excluding hydrogens is 320 g/mol. The Balaban J connectivity index is 1.61. The molecule has 2 N–H and O–H groups in total. The van der Waals surface area contributed by atoms with E-state index in [1.165, 1.54) is 0 Å². The molecule has 0 fully saturated rings. The molecule has 25 heavy (non-hydrogen) atoms. The number of benzene rings is 2. The molecule has 0 aliphatic rings. The summed E-state index contributed by atoms with van der Waals surface area (Å²) in [6.07, 6.45) is 0.366. The van der Waals surface area contributed by atoms with Gasteiger partial charge in [-0.15, -0.1) is 0 Å². The number of ether oxygens (including phenoxy) is 1. The van der Waals surface area contributed by atoms with E-state index < -0.39 is 11.9 Å². The lowest BCUT2D eigenvalue weighted by molar-refractivity contribution is -0.137. The van der Waals surface area contributed by atoms with E-state index in [0.717, 1.165) is 5.56 Å². The number of para-hydroxylation sites is 1. The molecule has 6 nitrogen and oxygen atoms in total. The van der Waals surface area contributed by atoms with E-state index in [2.05, 4.69) is 10.6 Å². The largest absolute Gasteiger partial charge is 0.425 e. The molecule has 2 amide bonds. The highest BCUT2D eigenvalue weighted by Gasteiger charge is 2.11. The average molecular weight is 340 g/mol. The van der Waals surface area contributed by atoms with Crippen molar-refractivity contribution in [1.29, 1.82) is 0 Å². The molecule has 0 aliphatic heterocycles. The fourth-order valence-corrected chi connectivity index (χ4v) is 2.09. The van der Waals surface area contributed by atoms with Crippen LogP contribution < -0.4 is 15.4 Å². The summed E-state index contributed by atoms with van der Waals surface area (Å²) in [4.78, 5) is 34.9. The van der Waals surface area contributed by atoms with Crippen LogP contribution in [-0.2, 0) is 20.8 Å². The van der Waals surface area contributed by atoms with Gasteiger partial charge in [0, 0.05) is 6.54 Å². The third kappa shape index (κ3) is 7.30. The number of hydrogen-bond acceptors (Lipinski definition) is 4. The number of carbonyl (C=O) groups is 3. The van der Waals surface area contributed by atoms with Gasteiger partial charge in [0.15, 0.2) is 0 Å². The molecule has 2 rings (SSSR count). The van der Waals surface area contributed by atoms with Gasteiger partial charge in [-0.25, -0.2) is 4.79 Å². The lowest BCUT2D eigenvalue weighted by Crippen LogP contribution is -2.36.